The Balaban J connectivity index is 1.64. The molecule has 0 aliphatic heterocycles. The first-order valence-corrected chi connectivity index (χ1v) is 8.77. The van der Waals surface area contributed by atoms with Crippen LogP contribution in [0.3, 0.4) is 0 Å². The molecule has 0 saturated heterocycles. The van der Waals surface area contributed by atoms with Crippen molar-refractivity contribution < 1.29 is 9.47 Å². The molecule has 0 unspecified atom stereocenters. The van der Waals surface area contributed by atoms with Gasteiger partial charge in [-0.1, -0.05) is 24.3 Å². The average molecular weight is 351 g/mol. The molecule has 2 aromatic carbocycles. The van der Waals surface area contributed by atoms with Crippen molar-refractivity contribution in [3.63, 3.8) is 0 Å². The molecule has 0 fully saturated rings. The molecule has 1 heterocycles. The standard InChI is InChI=1S/C21H25N3O2/c1-4-26-20-11-10-17(12-21(20)25-3)14-23(2)15-18-13-22-24(16-18)19-8-6-5-7-9-19/h5-13,16H,4,14-15H2,1-3H3. The second-order valence-electron chi connectivity index (χ2n) is 6.22. The Morgan fingerprint density at radius 2 is 1.77 bits per heavy atom. The number of aromatic nitrogens is 2. The Morgan fingerprint density at radius 3 is 2.50 bits per heavy atom. The Labute approximate surface area is 154 Å². The van der Waals surface area contributed by atoms with Crippen molar-refractivity contribution in [2.24, 2.45) is 0 Å². The fraction of sp³-hybridized carbons (Fsp3) is 0.286. The van der Waals surface area contributed by atoms with Crippen molar-refractivity contribution in [2.75, 3.05) is 20.8 Å². The molecule has 0 aliphatic rings. The maximum absolute atomic E-state index is 5.58. The van der Waals surface area contributed by atoms with E-state index in [0.717, 1.165) is 30.3 Å². The van der Waals surface area contributed by atoms with Crippen molar-refractivity contribution in [1.29, 1.82) is 0 Å². The first-order valence-electron chi connectivity index (χ1n) is 8.77. The SMILES string of the molecule is CCOc1ccc(CN(C)Cc2cnn(-c3ccccc3)c2)cc1OC. The van der Waals surface area contributed by atoms with Gasteiger partial charge in [0.1, 0.15) is 0 Å². The zero-order valence-electron chi connectivity index (χ0n) is 15.6. The lowest BCUT2D eigenvalue weighted by atomic mass is 10.2. The molecule has 0 N–H and O–H groups in total. The summed E-state index contributed by atoms with van der Waals surface area (Å²) in [6, 6.07) is 16.2. The number of hydrogen-bond acceptors (Lipinski definition) is 4. The van der Waals surface area contributed by atoms with E-state index in [-0.39, 0.29) is 0 Å². The highest BCUT2D eigenvalue weighted by Gasteiger charge is 2.09. The molecule has 0 saturated carbocycles. The van der Waals surface area contributed by atoms with Crippen LogP contribution in [0.25, 0.3) is 5.69 Å². The molecule has 5 nitrogen and oxygen atoms in total. The molecule has 0 spiro atoms. The van der Waals surface area contributed by atoms with Gasteiger partial charge in [0.15, 0.2) is 11.5 Å². The van der Waals surface area contributed by atoms with Crippen LogP contribution < -0.4 is 9.47 Å². The lowest BCUT2D eigenvalue weighted by Crippen LogP contribution is -2.17. The van der Waals surface area contributed by atoms with Crippen LogP contribution in [0.15, 0.2) is 60.9 Å². The predicted molar refractivity (Wildman–Crippen MR) is 103 cm³/mol. The number of nitrogens with zero attached hydrogens (tertiary/aromatic N) is 3. The van der Waals surface area contributed by atoms with E-state index >= 15 is 0 Å². The summed E-state index contributed by atoms with van der Waals surface area (Å²) in [4.78, 5) is 2.25. The third-order valence-corrected chi connectivity index (χ3v) is 4.09. The highest BCUT2D eigenvalue weighted by Crippen LogP contribution is 2.28. The van der Waals surface area contributed by atoms with Crippen molar-refractivity contribution in [3.8, 4) is 17.2 Å². The van der Waals surface area contributed by atoms with Crippen molar-refractivity contribution in [2.45, 2.75) is 20.0 Å². The van der Waals surface area contributed by atoms with Crippen molar-refractivity contribution in [1.82, 2.24) is 14.7 Å². The smallest absolute Gasteiger partial charge is 0.161 e. The number of hydrogen-bond donors (Lipinski definition) is 0. The van der Waals surface area contributed by atoms with Crippen LogP contribution in [0.4, 0.5) is 0 Å². The highest BCUT2D eigenvalue weighted by atomic mass is 16.5. The number of ether oxygens (including phenoxy) is 2. The summed E-state index contributed by atoms with van der Waals surface area (Å²) in [5.74, 6) is 1.56. The molecule has 5 heteroatoms. The first-order chi connectivity index (χ1) is 12.7. The van der Waals surface area contributed by atoms with Gasteiger partial charge in [-0.05, 0) is 43.8 Å². The third kappa shape index (κ3) is 4.43. The molecule has 0 atom stereocenters. The topological polar surface area (TPSA) is 39.5 Å². The van der Waals surface area contributed by atoms with E-state index in [1.165, 1.54) is 11.1 Å². The molecule has 1 aromatic heterocycles. The van der Waals surface area contributed by atoms with Gasteiger partial charge in [-0.25, -0.2) is 4.68 Å². The van der Waals surface area contributed by atoms with Crippen LogP contribution in [0.5, 0.6) is 11.5 Å². The van der Waals surface area contributed by atoms with Gasteiger partial charge in [0.2, 0.25) is 0 Å². The number of rotatable bonds is 8. The first kappa shape index (κ1) is 18.0. The molecule has 136 valence electrons. The lowest BCUT2D eigenvalue weighted by Gasteiger charge is -2.17. The molecule has 3 aromatic rings. The van der Waals surface area contributed by atoms with Gasteiger partial charge in [0.25, 0.3) is 0 Å². The Kier molecular flexibility index (Phi) is 5.92. The van der Waals surface area contributed by atoms with Crippen molar-refractivity contribution in [3.05, 3.63) is 72.1 Å². The van der Waals surface area contributed by atoms with Crippen LogP contribution >= 0.6 is 0 Å². The van der Waals surface area contributed by atoms with Gasteiger partial charge in [-0.15, -0.1) is 0 Å². The summed E-state index contributed by atoms with van der Waals surface area (Å²) < 4.78 is 12.9. The Hall–Kier alpha value is -2.79. The van der Waals surface area contributed by atoms with Crippen LogP contribution in [-0.4, -0.2) is 35.4 Å². The molecule has 0 bridgehead atoms. The summed E-state index contributed by atoms with van der Waals surface area (Å²) in [5, 5.41) is 4.46. The van der Waals surface area contributed by atoms with E-state index in [9.17, 15) is 0 Å². The maximum Gasteiger partial charge on any atom is 0.161 e. The van der Waals surface area contributed by atoms with Gasteiger partial charge in [0.05, 0.1) is 25.6 Å². The fourth-order valence-corrected chi connectivity index (χ4v) is 2.93. The van der Waals surface area contributed by atoms with Crippen LogP contribution in [-0.2, 0) is 13.1 Å². The van der Waals surface area contributed by atoms with Crippen molar-refractivity contribution >= 4 is 0 Å². The molecule has 3 rings (SSSR count). The fourth-order valence-electron chi connectivity index (χ4n) is 2.93. The normalized spacial score (nSPS) is 10.9. The van der Waals surface area contributed by atoms with Gasteiger partial charge >= 0.3 is 0 Å². The van der Waals surface area contributed by atoms with Crippen LogP contribution in [0, 0.1) is 0 Å². The summed E-state index contributed by atoms with van der Waals surface area (Å²) in [6.07, 6.45) is 3.99. The lowest BCUT2D eigenvalue weighted by molar-refractivity contribution is 0.305. The van der Waals surface area contributed by atoms with E-state index in [4.69, 9.17) is 9.47 Å². The van der Waals surface area contributed by atoms with E-state index in [2.05, 4.69) is 29.3 Å². The minimum Gasteiger partial charge on any atom is -0.493 e. The van der Waals surface area contributed by atoms with Gasteiger partial charge < -0.3 is 9.47 Å². The number of methoxy groups -OCH3 is 1. The Morgan fingerprint density at radius 1 is 1.00 bits per heavy atom. The van der Waals surface area contributed by atoms with E-state index in [1.807, 2.05) is 60.3 Å². The third-order valence-electron chi connectivity index (χ3n) is 4.09. The maximum atomic E-state index is 5.58. The molecule has 26 heavy (non-hydrogen) atoms. The largest absolute Gasteiger partial charge is 0.493 e. The second-order valence-corrected chi connectivity index (χ2v) is 6.22. The second kappa shape index (κ2) is 8.54. The number of benzene rings is 2. The van der Waals surface area contributed by atoms with E-state index in [0.29, 0.717) is 6.61 Å². The predicted octanol–water partition coefficient (Wildman–Crippen LogP) is 3.91. The van der Waals surface area contributed by atoms with Gasteiger partial charge in [-0.3, -0.25) is 4.90 Å². The average Bonchev–Trinajstić information content (AvgIpc) is 3.12. The van der Waals surface area contributed by atoms with Gasteiger partial charge in [0, 0.05) is 24.8 Å². The number of para-hydroxylation sites is 1. The molecule has 0 amide bonds. The summed E-state index contributed by atoms with van der Waals surface area (Å²) in [7, 11) is 3.77. The van der Waals surface area contributed by atoms with Crippen LogP contribution in [0.1, 0.15) is 18.1 Å². The zero-order chi connectivity index (χ0) is 18.4. The summed E-state index contributed by atoms with van der Waals surface area (Å²) in [5.41, 5.74) is 3.43. The molecular formula is C21H25N3O2. The van der Waals surface area contributed by atoms with Gasteiger partial charge in [-0.2, -0.15) is 5.10 Å². The monoisotopic (exact) mass is 351 g/mol. The quantitative estimate of drug-likeness (QED) is 0.617. The van der Waals surface area contributed by atoms with E-state index in [1.54, 1.807) is 7.11 Å². The summed E-state index contributed by atoms with van der Waals surface area (Å²) >= 11 is 0. The Bertz CT molecular complexity index is 830. The summed E-state index contributed by atoms with van der Waals surface area (Å²) in [6.45, 7) is 4.24. The molecular weight excluding hydrogens is 326 g/mol. The zero-order valence-corrected chi connectivity index (χ0v) is 15.6. The molecule has 0 radical (unpaired) electrons. The minimum atomic E-state index is 0.626. The minimum absolute atomic E-state index is 0.626. The highest BCUT2D eigenvalue weighted by molar-refractivity contribution is 5.43. The molecule has 0 aliphatic carbocycles. The van der Waals surface area contributed by atoms with E-state index < -0.39 is 0 Å². The van der Waals surface area contributed by atoms with Crippen LogP contribution in [0.2, 0.25) is 0 Å².